The highest BCUT2D eigenvalue weighted by Crippen LogP contribution is 2.41. The number of aliphatic carboxylic acids is 1. The van der Waals surface area contributed by atoms with Gasteiger partial charge in [0.25, 0.3) is 0 Å². The van der Waals surface area contributed by atoms with Crippen LogP contribution in [0.4, 0.5) is 0 Å². The molecule has 1 N–H and O–H groups in total. The third kappa shape index (κ3) is 6.19. The van der Waals surface area contributed by atoms with Crippen molar-refractivity contribution in [3.8, 4) is 22.6 Å². The van der Waals surface area contributed by atoms with Crippen LogP contribution in [0.5, 0.6) is 11.5 Å². The SMILES string of the molecule is COc1cccc(OC)c1-c1cccc([C@H](CC(=O)O)N(Cc2ccccc2)[C@H](C)c2ccccc2)c1. The summed E-state index contributed by atoms with van der Waals surface area (Å²) in [6.45, 7) is 2.75. The lowest BCUT2D eigenvalue weighted by Gasteiger charge is -2.37. The molecule has 4 rings (SSSR count). The number of hydrogen-bond donors (Lipinski definition) is 1. The summed E-state index contributed by atoms with van der Waals surface area (Å²) in [4.78, 5) is 14.5. The molecule has 0 spiro atoms. The Kier molecular flexibility index (Phi) is 8.60. The molecule has 0 amide bonds. The van der Waals surface area contributed by atoms with Crippen LogP contribution >= 0.6 is 0 Å². The molecular formula is C32H33NO4. The van der Waals surface area contributed by atoms with Gasteiger partial charge in [0.15, 0.2) is 0 Å². The Morgan fingerprint density at radius 2 is 1.35 bits per heavy atom. The first-order chi connectivity index (χ1) is 18.0. The van der Waals surface area contributed by atoms with E-state index in [4.69, 9.17) is 9.47 Å². The maximum absolute atomic E-state index is 12.2. The van der Waals surface area contributed by atoms with E-state index < -0.39 is 5.97 Å². The number of carboxylic acids is 1. The molecule has 4 aromatic carbocycles. The summed E-state index contributed by atoms with van der Waals surface area (Å²) in [5.41, 5.74) is 4.94. The minimum Gasteiger partial charge on any atom is -0.496 e. The van der Waals surface area contributed by atoms with E-state index in [-0.39, 0.29) is 18.5 Å². The van der Waals surface area contributed by atoms with Crippen LogP contribution in [0.1, 0.15) is 42.1 Å². The molecule has 5 heteroatoms. The van der Waals surface area contributed by atoms with E-state index >= 15 is 0 Å². The molecule has 4 aromatic rings. The van der Waals surface area contributed by atoms with E-state index in [9.17, 15) is 9.90 Å². The van der Waals surface area contributed by atoms with Crippen molar-refractivity contribution in [2.24, 2.45) is 0 Å². The summed E-state index contributed by atoms with van der Waals surface area (Å²) >= 11 is 0. The lowest BCUT2D eigenvalue weighted by Crippen LogP contribution is -2.32. The van der Waals surface area contributed by atoms with Crippen LogP contribution in [0.2, 0.25) is 0 Å². The zero-order chi connectivity index (χ0) is 26.2. The van der Waals surface area contributed by atoms with Crippen LogP contribution in [0.15, 0.2) is 103 Å². The molecule has 0 radical (unpaired) electrons. The van der Waals surface area contributed by atoms with Gasteiger partial charge in [0, 0.05) is 18.6 Å². The highest BCUT2D eigenvalue weighted by Gasteiger charge is 2.29. The molecule has 2 atom stereocenters. The predicted octanol–water partition coefficient (Wildman–Crippen LogP) is 7.15. The molecule has 0 unspecified atom stereocenters. The fraction of sp³-hybridized carbons (Fsp3) is 0.219. The third-order valence-corrected chi connectivity index (χ3v) is 6.74. The molecule has 5 nitrogen and oxygen atoms in total. The van der Waals surface area contributed by atoms with Gasteiger partial charge in [0.05, 0.1) is 26.2 Å². The average molecular weight is 496 g/mol. The van der Waals surface area contributed by atoms with Crippen molar-refractivity contribution in [1.29, 1.82) is 0 Å². The number of carboxylic acid groups (broad SMARTS) is 1. The molecule has 0 aliphatic carbocycles. The topological polar surface area (TPSA) is 59.0 Å². The Labute approximate surface area is 218 Å². The normalized spacial score (nSPS) is 12.6. The van der Waals surface area contributed by atoms with Crippen molar-refractivity contribution in [3.63, 3.8) is 0 Å². The van der Waals surface area contributed by atoms with E-state index in [0.717, 1.165) is 27.8 Å². The summed E-state index contributed by atoms with van der Waals surface area (Å²) in [6.07, 6.45) is -0.0312. The van der Waals surface area contributed by atoms with Gasteiger partial charge in [0.2, 0.25) is 0 Å². The van der Waals surface area contributed by atoms with E-state index in [1.54, 1.807) is 14.2 Å². The monoisotopic (exact) mass is 495 g/mol. The number of methoxy groups -OCH3 is 2. The van der Waals surface area contributed by atoms with Gasteiger partial charge in [-0.1, -0.05) is 84.9 Å². The zero-order valence-corrected chi connectivity index (χ0v) is 21.5. The smallest absolute Gasteiger partial charge is 0.305 e. The molecule has 0 aromatic heterocycles. The van der Waals surface area contributed by atoms with Crippen LogP contribution < -0.4 is 9.47 Å². The van der Waals surface area contributed by atoms with Gasteiger partial charge in [0.1, 0.15) is 11.5 Å². The quantitative estimate of drug-likeness (QED) is 0.239. The summed E-state index contributed by atoms with van der Waals surface area (Å²) in [7, 11) is 3.27. The van der Waals surface area contributed by atoms with E-state index in [2.05, 4.69) is 42.2 Å². The molecule has 190 valence electrons. The van der Waals surface area contributed by atoms with Crippen molar-refractivity contribution in [1.82, 2.24) is 4.90 Å². The first-order valence-corrected chi connectivity index (χ1v) is 12.4. The van der Waals surface area contributed by atoms with Gasteiger partial charge < -0.3 is 14.6 Å². The summed E-state index contributed by atoms with van der Waals surface area (Å²) in [5.74, 6) is 0.554. The summed E-state index contributed by atoms with van der Waals surface area (Å²) < 4.78 is 11.3. The number of benzene rings is 4. The number of hydrogen-bond acceptors (Lipinski definition) is 4. The van der Waals surface area contributed by atoms with E-state index in [1.807, 2.05) is 72.8 Å². The Balaban J connectivity index is 1.83. The average Bonchev–Trinajstić information content (AvgIpc) is 2.95. The Bertz CT molecular complexity index is 1280. The highest BCUT2D eigenvalue weighted by atomic mass is 16.5. The van der Waals surface area contributed by atoms with Crippen LogP contribution in [0, 0.1) is 0 Å². The minimum absolute atomic E-state index is 0.0183. The van der Waals surface area contributed by atoms with Crippen LogP contribution in [-0.2, 0) is 11.3 Å². The van der Waals surface area contributed by atoms with Gasteiger partial charge in [-0.25, -0.2) is 0 Å². The molecule has 0 saturated carbocycles. The summed E-state index contributed by atoms with van der Waals surface area (Å²) in [6, 6.07) is 33.8. The molecule has 0 aliphatic rings. The van der Waals surface area contributed by atoms with Crippen LogP contribution in [0.25, 0.3) is 11.1 Å². The molecule has 0 aliphatic heterocycles. The number of rotatable bonds is 11. The molecular weight excluding hydrogens is 462 g/mol. The maximum atomic E-state index is 12.2. The number of carbonyl (C=O) groups is 1. The number of ether oxygens (including phenoxy) is 2. The molecule has 0 fully saturated rings. The van der Waals surface area contributed by atoms with Gasteiger partial charge >= 0.3 is 5.97 Å². The van der Waals surface area contributed by atoms with Crippen LogP contribution in [0.3, 0.4) is 0 Å². The first-order valence-electron chi connectivity index (χ1n) is 12.4. The van der Waals surface area contributed by atoms with Crippen molar-refractivity contribution < 1.29 is 19.4 Å². The molecule has 0 bridgehead atoms. The lowest BCUT2D eigenvalue weighted by molar-refractivity contribution is -0.138. The fourth-order valence-corrected chi connectivity index (χ4v) is 4.86. The highest BCUT2D eigenvalue weighted by molar-refractivity contribution is 5.77. The van der Waals surface area contributed by atoms with Crippen molar-refractivity contribution in [3.05, 3.63) is 120 Å². The maximum Gasteiger partial charge on any atom is 0.305 e. The molecule has 0 saturated heterocycles. The summed E-state index contributed by atoms with van der Waals surface area (Å²) in [5, 5.41) is 10.00. The van der Waals surface area contributed by atoms with E-state index in [0.29, 0.717) is 18.0 Å². The number of nitrogens with zero attached hydrogens (tertiary/aromatic N) is 1. The van der Waals surface area contributed by atoms with Gasteiger partial charge in [-0.15, -0.1) is 0 Å². The standard InChI is InChI=1S/C32H33NO4/c1-23(25-14-8-5-9-15-25)33(22-24-12-6-4-7-13-24)28(21-31(34)35)26-16-10-17-27(20-26)32-29(36-2)18-11-19-30(32)37-3/h4-20,23,28H,21-22H2,1-3H3,(H,34,35)/t23-,28+/m1/s1. The molecule has 37 heavy (non-hydrogen) atoms. The van der Waals surface area contributed by atoms with Gasteiger partial charge in [-0.3, -0.25) is 9.69 Å². The first kappa shape index (κ1) is 26.0. The Hall–Kier alpha value is -4.09. The second-order valence-electron chi connectivity index (χ2n) is 9.02. The Morgan fingerprint density at radius 1 is 0.784 bits per heavy atom. The van der Waals surface area contributed by atoms with Crippen molar-refractivity contribution in [2.45, 2.75) is 32.0 Å². The lowest BCUT2D eigenvalue weighted by atomic mass is 9.93. The van der Waals surface area contributed by atoms with Crippen molar-refractivity contribution in [2.75, 3.05) is 14.2 Å². The second kappa shape index (κ2) is 12.2. The molecule has 0 heterocycles. The fourth-order valence-electron chi connectivity index (χ4n) is 4.86. The second-order valence-corrected chi connectivity index (χ2v) is 9.02. The van der Waals surface area contributed by atoms with Gasteiger partial charge in [-0.2, -0.15) is 0 Å². The van der Waals surface area contributed by atoms with Crippen LogP contribution in [-0.4, -0.2) is 30.2 Å². The zero-order valence-electron chi connectivity index (χ0n) is 21.5. The third-order valence-electron chi connectivity index (χ3n) is 6.74. The van der Waals surface area contributed by atoms with E-state index in [1.165, 1.54) is 0 Å². The van der Waals surface area contributed by atoms with Crippen molar-refractivity contribution >= 4 is 5.97 Å². The minimum atomic E-state index is -0.844. The van der Waals surface area contributed by atoms with Gasteiger partial charge in [-0.05, 0) is 47.4 Å². The largest absolute Gasteiger partial charge is 0.496 e. The predicted molar refractivity (Wildman–Crippen MR) is 147 cm³/mol. The Morgan fingerprint density at radius 3 is 1.95 bits per heavy atom.